The van der Waals surface area contributed by atoms with Crippen LogP contribution in [0.1, 0.15) is 41.9 Å². The number of halogens is 2. The zero-order valence-corrected chi connectivity index (χ0v) is 20.3. The molecule has 188 valence electrons. The van der Waals surface area contributed by atoms with Crippen LogP contribution in [0.15, 0.2) is 42.6 Å². The maximum Gasteiger partial charge on any atom is 0.286 e. The molecule has 1 N–H and O–H groups in total. The van der Waals surface area contributed by atoms with E-state index in [0.29, 0.717) is 30.5 Å². The van der Waals surface area contributed by atoms with Gasteiger partial charge in [-0.1, -0.05) is 13.0 Å². The number of aryl methyl sites for hydroxylation is 1. The van der Waals surface area contributed by atoms with Gasteiger partial charge in [0.05, 0.1) is 24.9 Å². The van der Waals surface area contributed by atoms with Crippen LogP contribution >= 0.6 is 0 Å². The van der Waals surface area contributed by atoms with E-state index in [1.165, 1.54) is 12.3 Å². The van der Waals surface area contributed by atoms with Crippen LogP contribution in [0, 0.1) is 6.92 Å². The minimum Gasteiger partial charge on any atom is -0.470 e. The Morgan fingerprint density at radius 2 is 2.06 bits per heavy atom. The van der Waals surface area contributed by atoms with Gasteiger partial charge in [0.15, 0.2) is 0 Å². The average Bonchev–Trinajstić information content (AvgIpc) is 2.88. The Bertz CT molecular complexity index is 1300. The fraction of sp³-hybridized carbons (Fsp3) is 0.385. The Hall–Kier alpha value is -3.66. The summed E-state index contributed by atoms with van der Waals surface area (Å²) < 4.78 is 39.1. The van der Waals surface area contributed by atoms with Crippen LogP contribution in [0.2, 0.25) is 0 Å². The predicted octanol–water partition coefficient (Wildman–Crippen LogP) is 4.59. The Kier molecular flexibility index (Phi) is 6.29. The lowest BCUT2D eigenvalue weighted by Crippen LogP contribution is -2.56. The molecule has 10 heteroatoms. The summed E-state index contributed by atoms with van der Waals surface area (Å²) in [6.45, 7) is 6.73. The predicted molar refractivity (Wildman–Crippen MR) is 131 cm³/mol. The summed E-state index contributed by atoms with van der Waals surface area (Å²) in [5.41, 5.74) is 3.39. The number of morpholine rings is 1. The molecule has 1 aromatic carbocycles. The van der Waals surface area contributed by atoms with Crippen molar-refractivity contribution < 1.29 is 23.0 Å². The minimum absolute atomic E-state index is 0.0143. The molecule has 0 unspecified atom stereocenters. The number of benzene rings is 1. The van der Waals surface area contributed by atoms with Crippen LogP contribution in [-0.4, -0.2) is 53.0 Å². The van der Waals surface area contributed by atoms with Crippen LogP contribution in [-0.2, 0) is 10.7 Å². The first-order valence-corrected chi connectivity index (χ1v) is 11.9. The van der Waals surface area contributed by atoms with Gasteiger partial charge in [-0.25, -0.2) is 0 Å². The molecule has 1 fully saturated rings. The number of nitrogens with zero attached hydrogens (tertiary/aromatic N) is 4. The standard InChI is InChI=1S/C26H27F2N5O3/c1-4-22-21-14-35-10-9-33(21)20-13-19(31-32-25(20)36-22)18-12-17(6-5-15(18)2)30-24(34)16-7-8-29-23(11-16)26(3,27)28/h5-8,11-13,21-22H,4,9-10,14H2,1-3H3,(H,30,34)/t21-,22-/m1/s1. The Morgan fingerprint density at radius 1 is 1.22 bits per heavy atom. The number of amides is 1. The van der Waals surface area contributed by atoms with Crippen LogP contribution in [0.5, 0.6) is 5.88 Å². The van der Waals surface area contributed by atoms with Gasteiger partial charge in [-0.05, 0) is 49.2 Å². The molecule has 8 nitrogen and oxygen atoms in total. The van der Waals surface area contributed by atoms with Crippen molar-refractivity contribution in [3.8, 4) is 17.1 Å². The Balaban J connectivity index is 1.43. The summed E-state index contributed by atoms with van der Waals surface area (Å²) in [6, 6.07) is 9.99. The zero-order chi connectivity index (χ0) is 25.4. The number of nitrogens with one attached hydrogen (secondary N) is 1. The van der Waals surface area contributed by atoms with E-state index in [0.717, 1.165) is 42.8 Å². The molecular weight excluding hydrogens is 468 g/mol. The molecule has 2 aliphatic rings. The van der Waals surface area contributed by atoms with E-state index in [2.05, 4.69) is 32.3 Å². The van der Waals surface area contributed by atoms with Gasteiger partial charge in [-0.3, -0.25) is 9.78 Å². The highest BCUT2D eigenvalue weighted by Crippen LogP contribution is 2.39. The molecule has 0 spiro atoms. The normalized spacial score (nSPS) is 19.2. The van der Waals surface area contributed by atoms with Crippen LogP contribution < -0.4 is 15.0 Å². The highest BCUT2D eigenvalue weighted by atomic mass is 19.3. The Labute approximate surface area is 207 Å². The summed E-state index contributed by atoms with van der Waals surface area (Å²) in [6.07, 6.45) is 2.03. The summed E-state index contributed by atoms with van der Waals surface area (Å²) in [4.78, 5) is 18.7. The summed E-state index contributed by atoms with van der Waals surface area (Å²) in [5.74, 6) is -3.14. The Morgan fingerprint density at radius 3 is 2.83 bits per heavy atom. The van der Waals surface area contributed by atoms with E-state index in [-0.39, 0.29) is 17.7 Å². The second kappa shape index (κ2) is 9.42. The average molecular weight is 496 g/mol. The highest BCUT2D eigenvalue weighted by molar-refractivity contribution is 6.04. The fourth-order valence-electron chi connectivity index (χ4n) is 4.59. The zero-order valence-electron chi connectivity index (χ0n) is 20.3. The largest absolute Gasteiger partial charge is 0.470 e. The van der Waals surface area contributed by atoms with Crippen molar-refractivity contribution in [1.29, 1.82) is 0 Å². The van der Waals surface area contributed by atoms with Crippen molar-refractivity contribution in [2.24, 2.45) is 0 Å². The number of hydrogen-bond donors (Lipinski definition) is 1. The number of pyridine rings is 1. The number of aromatic nitrogens is 3. The SMILES string of the molecule is CC[C@H]1Oc2nnc(-c3cc(NC(=O)c4ccnc(C(C)(F)F)c4)ccc3C)cc2N2CCOC[C@H]12. The first-order valence-electron chi connectivity index (χ1n) is 11.9. The molecule has 2 aliphatic heterocycles. The van der Waals surface area contributed by atoms with E-state index >= 15 is 0 Å². The smallest absolute Gasteiger partial charge is 0.286 e. The lowest BCUT2D eigenvalue weighted by molar-refractivity contribution is 0.0127. The third-order valence-corrected chi connectivity index (χ3v) is 6.55. The number of alkyl halides is 2. The topological polar surface area (TPSA) is 89.5 Å². The molecule has 4 heterocycles. The van der Waals surface area contributed by atoms with Crippen LogP contribution in [0.3, 0.4) is 0 Å². The highest BCUT2D eigenvalue weighted by Gasteiger charge is 2.38. The van der Waals surface area contributed by atoms with Gasteiger partial charge >= 0.3 is 0 Å². The molecule has 0 aliphatic carbocycles. The maximum absolute atomic E-state index is 13.6. The van der Waals surface area contributed by atoms with Gasteiger partial charge < -0.3 is 19.7 Å². The van der Waals surface area contributed by atoms with Crippen LogP contribution in [0.4, 0.5) is 20.2 Å². The van der Waals surface area contributed by atoms with E-state index in [9.17, 15) is 13.6 Å². The number of ether oxygens (including phenoxy) is 2. The molecule has 5 rings (SSSR count). The molecule has 2 atom stereocenters. The van der Waals surface area contributed by atoms with Crippen molar-refractivity contribution >= 4 is 17.3 Å². The first kappa shape index (κ1) is 24.1. The van der Waals surface area contributed by atoms with Crippen LogP contribution in [0.25, 0.3) is 11.3 Å². The molecule has 0 radical (unpaired) electrons. The first-order chi connectivity index (χ1) is 17.2. The maximum atomic E-state index is 13.6. The number of hydrogen-bond acceptors (Lipinski definition) is 7. The van der Waals surface area contributed by atoms with Gasteiger partial charge in [0.2, 0.25) is 0 Å². The quantitative estimate of drug-likeness (QED) is 0.554. The van der Waals surface area contributed by atoms with Crippen molar-refractivity contribution in [3.63, 3.8) is 0 Å². The monoisotopic (exact) mass is 495 g/mol. The van der Waals surface area contributed by atoms with Crippen molar-refractivity contribution in [1.82, 2.24) is 15.2 Å². The summed E-state index contributed by atoms with van der Waals surface area (Å²) in [5, 5.41) is 11.6. The third kappa shape index (κ3) is 4.60. The summed E-state index contributed by atoms with van der Waals surface area (Å²) in [7, 11) is 0. The summed E-state index contributed by atoms with van der Waals surface area (Å²) >= 11 is 0. The molecule has 1 amide bonds. The molecule has 2 aromatic heterocycles. The van der Waals surface area contributed by atoms with Gasteiger partial charge in [0, 0.05) is 36.5 Å². The van der Waals surface area contributed by atoms with E-state index in [1.807, 2.05) is 19.1 Å². The number of carbonyl (C=O) groups is 1. The second-order valence-corrected chi connectivity index (χ2v) is 9.12. The van der Waals surface area contributed by atoms with Gasteiger partial charge in [-0.15, -0.1) is 10.2 Å². The lowest BCUT2D eigenvalue weighted by Gasteiger charge is -2.44. The number of anilines is 2. The number of carbonyl (C=O) groups excluding carboxylic acids is 1. The molecular formula is C26H27F2N5O3. The van der Waals surface area contributed by atoms with E-state index < -0.39 is 17.5 Å². The molecule has 0 bridgehead atoms. The minimum atomic E-state index is -3.14. The molecule has 0 saturated carbocycles. The van der Waals surface area contributed by atoms with Crippen molar-refractivity contribution in [3.05, 3.63) is 59.4 Å². The van der Waals surface area contributed by atoms with E-state index in [1.54, 1.807) is 12.1 Å². The third-order valence-electron chi connectivity index (χ3n) is 6.55. The number of rotatable bonds is 5. The van der Waals surface area contributed by atoms with Crippen molar-refractivity contribution in [2.75, 3.05) is 30.0 Å². The fourth-order valence-corrected chi connectivity index (χ4v) is 4.59. The van der Waals surface area contributed by atoms with Crippen molar-refractivity contribution in [2.45, 2.75) is 45.3 Å². The molecule has 1 saturated heterocycles. The lowest BCUT2D eigenvalue weighted by atomic mass is 10.0. The van der Waals surface area contributed by atoms with Gasteiger partial charge in [-0.2, -0.15) is 8.78 Å². The van der Waals surface area contributed by atoms with Gasteiger partial charge in [0.1, 0.15) is 17.5 Å². The molecule has 36 heavy (non-hydrogen) atoms. The van der Waals surface area contributed by atoms with E-state index in [4.69, 9.17) is 9.47 Å². The van der Waals surface area contributed by atoms with Gasteiger partial charge in [0.25, 0.3) is 17.7 Å². The second-order valence-electron chi connectivity index (χ2n) is 9.12. The molecule has 3 aromatic rings. The number of fused-ring (bicyclic) bond motifs is 3.